The molecule has 4 heterocycles. The Morgan fingerprint density at radius 1 is 0.462 bits per heavy atom. The van der Waals surface area contributed by atoms with Gasteiger partial charge in [-0.25, -0.2) is 4.98 Å². The van der Waals surface area contributed by atoms with Gasteiger partial charge in [0.1, 0.15) is 0 Å². The largest absolute Gasteiger partial charge is 0.309 e. The molecule has 9 aromatic rings. The highest BCUT2D eigenvalue weighted by Crippen LogP contribution is 2.41. The number of thiophene rings is 1. The molecule has 0 N–H and O–H groups in total. The van der Waals surface area contributed by atoms with Gasteiger partial charge in [-0.1, -0.05) is 72.8 Å². The minimum absolute atomic E-state index is 0.990. The third-order valence-corrected chi connectivity index (χ3v) is 9.16. The summed E-state index contributed by atoms with van der Waals surface area (Å²) < 4.78 is 7.20. The van der Waals surface area contributed by atoms with E-state index in [0.29, 0.717) is 0 Å². The number of aromatic nitrogens is 3. The van der Waals surface area contributed by atoms with Crippen LogP contribution < -0.4 is 0 Å². The maximum atomic E-state index is 4.97. The van der Waals surface area contributed by atoms with Gasteiger partial charge in [-0.2, -0.15) is 0 Å². The zero-order valence-electron chi connectivity index (χ0n) is 20.9. The van der Waals surface area contributed by atoms with Crippen LogP contribution in [0, 0.1) is 0 Å². The quantitative estimate of drug-likeness (QED) is 0.225. The van der Waals surface area contributed by atoms with Gasteiger partial charge < -0.3 is 4.57 Å². The van der Waals surface area contributed by atoms with Gasteiger partial charge in [0.15, 0.2) is 5.82 Å². The van der Waals surface area contributed by atoms with Gasteiger partial charge in [-0.05, 0) is 48.5 Å². The van der Waals surface area contributed by atoms with E-state index in [-0.39, 0.29) is 0 Å². The molecule has 0 atom stereocenters. The fraction of sp³-hybridized carbons (Fsp3) is 0. The minimum atomic E-state index is 0.990. The van der Waals surface area contributed by atoms with Gasteiger partial charge in [0.2, 0.25) is 0 Å². The summed E-state index contributed by atoms with van der Waals surface area (Å²) in [7, 11) is 0. The number of para-hydroxylation sites is 4. The summed E-state index contributed by atoms with van der Waals surface area (Å²) in [5, 5.41) is 7.56. The van der Waals surface area contributed by atoms with Gasteiger partial charge in [0, 0.05) is 48.9 Å². The molecule has 0 saturated heterocycles. The molecule has 0 amide bonds. The minimum Gasteiger partial charge on any atom is -0.309 e. The third kappa shape index (κ3) is 2.84. The molecule has 4 aromatic heterocycles. The Kier molecular flexibility index (Phi) is 4.21. The highest BCUT2D eigenvalue weighted by atomic mass is 32.1. The van der Waals surface area contributed by atoms with Crippen molar-refractivity contribution >= 4 is 75.1 Å². The molecular formula is C35H21N3S. The van der Waals surface area contributed by atoms with Crippen molar-refractivity contribution in [3.63, 3.8) is 0 Å². The van der Waals surface area contributed by atoms with Crippen LogP contribution >= 0.6 is 11.3 Å². The number of fused-ring (bicyclic) bond motifs is 9. The van der Waals surface area contributed by atoms with Crippen molar-refractivity contribution in [3.8, 4) is 11.5 Å². The van der Waals surface area contributed by atoms with Crippen LogP contribution in [-0.2, 0) is 0 Å². The molecule has 0 bridgehead atoms. The smallest absolute Gasteiger partial charge is 0.155 e. The van der Waals surface area contributed by atoms with E-state index < -0.39 is 0 Å². The van der Waals surface area contributed by atoms with E-state index in [1.807, 2.05) is 17.5 Å². The number of pyridine rings is 1. The highest BCUT2D eigenvalue weighted by Gasteiger charge is 2.18. The average Bonchev–Trinajstić information content (AvgIpc) is 3.65. The van der Waals surface area contributed by atoms with Crippen molar-refractivity contribution in [1.29, 1.82) is 0 Å². The fourth-order valence-electron chi connectivity index (χ4n) is 6.33. The maximum absolute atomic E-state index is 4.97. The first kappa shape index (κ1) is 21.1. The molecule has 0 aliphatic carbocycles. The predicted molar refractivity (Wildman–Crippen MR) is 166 cm³/mol. The van der Waals surface area contributed by atoms with Crippen LogP contribution in [0.5, 0.6) is 0 Å². The normalized spacial score (nSPS) is 12.1. The Bertz CT molecular complexity index is 2300. The molecule has 182 valence electrons. The number of nitrogens with zero attached hydrogens (tertiary/aromatic N) is 3. The van der Waals surface area contributed by atoms with Crippen molar-refractivity contribution in [1.82, 2.24) is 14.1 Å². The first-order valence-corrected chi connectivity index (χ1v) is 14.0. The van der Waals surface area contributed by atoms with Crippen molar-refractivity contribution in [2.45, 2.75) is 0 Å². The summed E-state index contributed by atoms with van der Waals surface area (Å²) in [6.45, 7) is 0. The lowest BCUT2D eigenvalue weighted by Gasteiger charge is -2.09. The summed E-state index contributed by atoms with van der Waals surface area (Å²) >= 11 is 1.82. The molecule has 0 spiro atoms. The topological polar surface area (TPSA) is 22.8 Å². The van der Waals surface area contributed by atoms with Crippen molar-refractivity contribution < 1.29 is 0 Å². The van der Waals surface area contributed by atoms with E-state index in [4.69, 9.17) is 4.98 Å². The summed E-state index contributed by atoms with van der Waals surface area (Å²) in [5.41, 5.74) is 5.99. The van der Waals surface area contributed by atoms with E-state index in [0.717, 1.165) is 5.82 Å². The Labute approximate surface area is 227 Å². The summed E-state index contributed by atoms with van der Waals surface area (Å²) in [6, 6.07) is 43.7. The third-order valence-electron chi connectivity index (χ3n) is 7.98. The van der Waals surface area contributed by atoms with Crippen molar-refractivity contribution in [2.24, 2.45) is 0 Å². The standard InChI is InChI=1S/C35H21N3S/c1-5-13-29-23(9-1)24-10-2-6-14-30(24)37(29)22-17-18-33-28(21-22)27-19-20-36-35(34(27)39-33)38-31-15-7-3-11-25(31)26-12-4-8-16-32(26)38/h1-21H. The Balaban J connectivity index is 1.34. The Hall–Kier alpha value is -4.93. The molecule has 0 saturated carbocycles. The Morgan fingerprint density at radius 2 is 0.974 bits per heavy atom. The second-order valence-corrected chi connectivity index (χ2v) is 11.1. The lowest BCUT2D eigenvalue weighted by atomic mass is 10.1. The second-order valence-electron chi connectivity index (χ2n) is 10.0. The van der Waals surface area contributed by atoms with Gasteiger partial charge >= 0.3 is 0 Å². The van der Waals surface area contributed by atoms with Crippen LogP contribution in [0.4, 0.5) is 0 Å². The molecule has 4 heteroatoms. The average molecular weight is 516 g/mol. The zero-order chi connectivity index (χ0) is 25.5. The Morgan fingerprint density at radius 3 is 1.54 bits per heavy atom. The molecular weight excluding hydrogens is 494 g/mol. The van der Waals surface area contributed by atoms with E-state index >= 15 is 0 Å². The first-order valence-electron chi connectivity index (χ1n) is 13.2. The molecule has 0 fully saturated rings. The molecule has 39 heavy (non-hydrogen) atoms. The molecule has 0 aliphatic heterocycles. The van der Waals surface area contributed by atoms with Gasteiger partial charge in [-0.15, -0.1) is 11.3 Å². The summed E-state index contributed by atoms with van der Waals surface area (Å²) in [6.07, 6.45) is 1.96. The summed E-state index contributed by atoms with van der Waals surface area (Å²) in [4.78, 5) is 4.97. The predicted octanol–water partition coefficient (Wildman–Crippen LogP) is 9.64. The number of hydrogen-bond acceptors (Lipinski definition) is 2. The number of rotatable bonds is 2. The van der Waals surface area contributed by atoms with Crippen LogP contribution in [-0.4, -0.2) is 14.1 Å². The van der Waals surface area contributed by atoms with Crippen LogP contribution in [0.3, 0.4) is 0 Å². The molecule has 0 aliphatic rings. The maximum Gasteiger partial charge on any atom is 0.155 e. The number of benzene rings is 5. The second kappa shape index (κ2) is 7.79. The van der Waals surface area contributed by atoms with Crippen molar-refractivity contribution in [3.05, 3.63) is 128 Å². The van der Waals surface area contributed by atoms with Gasteiger partial charge in [-0.3, -0.25) is 4.57 Å². The van der Waals surface area contributed by atoms with Crippen LogP contribution in [0.15, 0.2) is 128 Å². The first-order chi connectivity index (χ1) is 19.4. The monoisotopic (exact) mass is 515 g/mol. The fourth-order valence-corrected chi connectivity index (χ4v) is 7.49. The lowest BCUT2D eigenvalue weighted by Crippen LogP contribution is -1.97. The van der Waals surface area contributed by atoms with Gasteiger partial charge in [0.05, 0.1) is 26.8 Å². The van der Waals surface area contributed by atoms with E-state index in [2.05, 4.69) is 130 Å². The highest BCUT2D eigenvalue weighted by molar-refractivity contribution is 7.26. The van der Waals surface area contributed by atoms with Crippen LogP contribution in [0.2, 0.25) is 0 Å². The molecule has 0 unspecified atom stereocenters. The van der Waals surface area contributed by atoms with Crippen LogP contribution in [0.1, 0.15) is 0 Å². The number of hydrogen-bond donors (Lipinski definition) is 0. The van der Waals surface area contributed by atoms with Crippen molar-refractivity contribution in [2.75, 3.05) is 0 Å². The molecule has 3 nitrogen and oxygen atoms in total. The van der Waals surface area contributed by atoms with Crippen LogP contribution in [0.25, 0.3) is 75.3 Å². The zero-order valence-corrected chi connectivity index (χ0v) is 21.7. The molecule has 5 aromatic carbocycles. The molecule has 0 radical (unpaired) electrons. The SMILES string of the molecule is c1ccc2c(c1)c1ccccc1n2-c1ccc2sc3c(-n4c5ccccc5c5ccccc54)nccc3c2c1. The lowest BCUT2D eigenvalue weighted by molar-refractivity contribution is 1.11. The van der Waals surface area contributed by atoms with E-state index in [1.54, 1.807) is 0 Å². The summed E-state index contributed by atoms with van der Waals surface area (Å²) in [5.74, 6) is 0.990. The van der Waals surface area contributed by atoms with Gasteiger partial charge in [0.25, 0.3) is 0 Å². The van der Waals surface area contributed by atoms with E-state index in [1.165, 1.54) is 69.5 Å². The van der Waals surface area contributed by atoms with E-state index in [9.17, 15) is 0 Å². The molecule has 9 rings (SSSR count).